The van der Waals surface area contributed by atoms with Gasteiger partial charge in [-0.3, -0.25) is 9.63 Å². The number of hydrogen-bond acceptors (Lipinski definition) is 4. The van der Waals surface area contributed by atoms with E-state index in [2.05, 4.69) is 4.98 Å². The van der Waals surface area contributed by atoms with Gasteiger partial charge in [0.1, 0.15) is 0 Å². The van der Waals surface area contributed by atoms with E-state index in [1.165, 1.54) is 20.2 Å². The van der Waals surface area contributed by atoms with E-state index >= 15 is 0 Å². The molecule has 0 aliphatic carbocycles. The highest BCUT2D eigenvalue weighted by molar-refractivity contribution is 5.93. The average molecular weight is 196 g/mol. The molecule has 1 heterocycles. The molecular formula is C9H12N2O3. The predicted octanol–water partition coefficient (Wildman–Crippen LogP) is 0.729. The molecule has 0 bridgehead atoms. The van der Waals surface area contributed by atoms with E-state index < -0.39 is 0 Å². The second-order valence-electron chi connectivity index (χ2n) is 2.84. The van der Waals surface area contributed by atoms with E-state index in [9.17, 15) is 9.90 Å². The second kappa shape index (κ2) is 4.06. The van der Waals surface area contributed by atoms with Crippen LogP contribution < -0.4 is 0 Å². The first-order chi connectivity index (χ1) is 6.54. The van der Waals surface area contributed by atoms with E-state index in [-0.39, 0.29) is 11.8 Å². The van der Waals surface area contributed by atoms with Gasteiger partial charge in [-0.25, -0.2) is 10.0 Å². The summed E-state index contributed by atoms with van der Waals surface area (Å²) in [6.07, 6.45) is 0. The second-order valence-corrected chi connectivity index (χ2v) is 2.84. The lowest BCUT2D eigenvalue weighted by Gasteiger charge is -2.13. The molecule has 0 unspecified atom stereocenters. The van der Waals surface area contributed by atoms with Crippen LogP contribution in [-0.4, -0.2) is 35.2 Å². The van der Waals surface area contributed by atoms with Gasteiger partial charge in [-0.1, -0.05) is 0 Å². The van der Waals surface area contributed by atoms with Crippen LogP contribution in [0.2, 0.25) is 0 Å². The summed E-state index contributed by atoms with van der Waals surface area (Å²) >= 11 is 0. The number of carbonyl (C=O) groups is 1. The van der Waals surface area contributed by atoms with Crippen molar-refractivity contribution in [3.63, 3.8) is 0 Å². The highest BCUT2D eigenvalue weighted by Crippen LogP contribution is 2.12. The fraction of sp³-hybridized carbons (Fsp3) is 0.333. The lowest BCUT2D eigenvalue weighted by molar-refractivity contribution is -0.0757. The van der Waals surface area contributed by atoms with Gasteiger partial charge in [0, 0.05) is 24.4 Å². The number of aromatic nitrogens is 1. The topological polar surface area (TPSA) is 62.7 Å². The molecule has 5 heteroatoms. The molecule has 0 atom stereocenters. The summed E-state index contributed by atoms with van der Waals surface area (Å²) in [5.74, 6) is -0.494. The van der Waals surface area contributed by atoms with Gasteiger partial charge >= 0.3 is 0 Å². The SMILES string of the molecule is CON(C)C(=O)c1cc(C)nc(O)c1. The molecule has 0 saturated heterocycles. The molecule has 1 aromatic heterocycles. The summed E-state index contributed by atoms with van der Waals surface area (Å²) in [7, 11) is 2.89. The van der Waals surface area contributed by atoms with Crippen LogP contribution in [0, 0.1) is 6.92 Å². The van der Waals surface area contributed by atoms with Crippen LogP contribution in [0.15, 0.2) is 12.1 Å². The standard InChI is InChI=1S/C9H12N2O3/c1-6-4-7(5-8(12)10-6)9(13)11(2)14-3/h4-5H,1-3H3,(H,10,12). The Kier molecular flexibility index (Phi) is 3.03. The van der Waals surface area contributed by atoms with Crippen LogP contribution in [-0.2, 0) is 4.84 Å². The Bertz CT molecular complexity index is 332. The number of hydrogen-bond donors (Lipinski definition) is 1. The molecule has 1 aromatic rings. The monoisotopic (exact) mass is 196 g/mol. The molecule has 0 fully saturated rings. The van der Waals surface area contributed by atoms with Crippen molar-refractivity contribution < 1.29 is 14.7 Å². The van der Waals surface area contributed by atoms with Crippen LogP contribution >= 0.6 is 0 Å². The normalized spacial score (nSPS) is 9.93. The minimum absolute atomic E-state index is 0.169. The summed E-state index contributed by atoms with van der Waals surface area (Å²) < 4.78 is 0. The van der Waals surface area contributed by atoms with Crippen LogP contribution in [0.3, 0.4) is 0 Å². The summed E-state index contributed by atoms with van der Waals surface area (Å²) in [6.45, 7) is 1.70. The van der Waals surface area contributed by atoms with Crippen molar-refractivity contribution in [3.8, 4) is 5.88 Å². The minimum atomic E-state index is -0.326. The average Bonchev–Trinajstić information content (AvgIpc) is 2.14. The molecule has 76 valence electrons. The number of rotatable bonds is 2. The van der Waals surface area contributed by atoms with E-state index in [0.717, 1.165) is 5.06 Å². The molecule has 5 nitrogen and oxygen atoms in total. The lowest BCUT2D eigenvalue weighted by Crippen LogP contribution is -2.25. The van der Waals surface area contributed by atoms with Crippen LogP contribution in [0.25, 0.3) is 0 Å². The van der Waals surface area contributed by atoms with Gasteiger partial charge in [-0.2, -0.15) is 0 Å². The zero-order valence-electron chi connectivity index (χ0n) is 8.31. The van der Waals surface area contributed by atoms with Crippen molar-refractivity contribution in [2.45, 2.75) is 6.92 Å². The van der Waals surface area contributed by atoms with Gasteiger partial charge in [0.05, 0.1) is 7.11 Å². The smallest absolute Gasteiger partial charge is 0.277 e. The molecule has 1 rings (SSSR count). The van der Waals surface area contributed by atoms with Crippen molar-refractivity contribution in [2.75, 3.05) is 14.2 Å². The number of nitrogens with zero attached hydrogens (tertiary/aromatic N) is 2. The zero-order chi connectivity index (χ0) is 10.7. The maximum absolute atomic E-state index is 11.5. The Hall–Kier alpha value is -1.62. The number of aryl methyl sites for hydroxylation is 1. The van der Waals surface area contributed by atoms with Crippen molar-refractivity contribution in [1.82, 2.24) is 10.0 Å². The van der Waals surface area contributed by atoms with Crippen LogP contribution in [0.1, 0.15) is 16.1 Å². The minimum Gasteiger partial charge on any atom is -0.493 e. The van der Waals surface area contributed by atoms with Crippen LogP contribution in [0.5, 0.6) is 5.88 Å². The van der Waals surface area contributed by atoms with Gasteiger partial charge in [0.2, 0.25) is 5.88 Å². The van der Waals surface area contributed by atoms with Crippen molar-refractivity contribution in [2.24, 2.45) is 0 Å². The highest BCUT2D eigenvalue weighted by atomic mass is 16.7. The molecule has 0 aliphatic rings. The summed E-state index contributed by atoms with van der Waals surface area (Å²) in [6, 6.07) is 2.88. The third kappa shape index (κ3) is 2.20. The zero-order valence-corrected chi connectivity index (χ0v) is 8.31. The highest BCUT2D eigenvalue weighted by Gasteiger charge is 2.12. The largest absolute Gasteiger partial charge is 0.493 e. The molecule has 14 heavy (non-hydrogen) atoms. The first kappa shape index (κ1) is 10.5. The van der Waals surface area contributed by atoms with Gasteiger partial charge in [-0.15, -0.1) is 0 Å². The number of aromatic hydroxyl groups is 1. The van der Waals surface area contributed by atoms with Crippen molar-refractivity contribution in [1.29, 1.82) is 0 Å². The van der Waals surface area contributed by atoms with E-state index in [1.54, 1.807) is 13.0 Å². The Morgan fingerprint density at radius 2 is 2.21 bits per heavy atom. The predicted molar refractivity (Wildman–Crippen MR) is 49.7 cm³/mol. The Labute approximate surface area is 81.9 Å². The molecule has 0 saturated carbocycles. The quantitative estimate of drug-likeness (QED) is 0.708. The van der Waals surface area contributed by atoms with Crippen LogP contribution in [0.4, 0.5) is 0 Å². The molecule has 1 N–H and O–H groups in total. The maximum atomic E-state index is 11.5. The van der Waals surface area contributed by atoms with E-state index in [0.29, 0.717) is 11.3 Å². The maximum Gasteiger partial charge on any atom is 0.277 e. The number of pyridine rings is 1. The third-order valence-electron chi connectivity index (χ3n) is 1.75. The Morgan fingerprint density at radius 1 is 1.57 bits per heavy atom. The number of carbonyl (C=O) groups excluding carboxylic acids is 1. The molecule has 0 radical (unpaired) electrons. The fourth-order valence-electron chi connectivity index (χ4n) is 1.04. The summed E-state index contributed by atoms with van der Waals surface area (Å²) in [5.41, 5.74) is 0.928. The summed E-state index contributed by atoms with van der Waals surface area (Å²) in [5, 5.41) is 10.3. The first-order valence-corrected chi connectivity index (χ1v) is 4.04. The van der Waals surface area contributed by atoms with Crippen molar-refractivity contribution in [3.05, 3.63) is 23.4 Å². The lowest BCUT2D eigenvalue weighted by atomic mass is 10.2. The van der Waals surface area contributed by atoms with Gasteiger partial charge < -0.3 is 5.11 Å². The van der Waals surface area contributed by atoms with Gasteiger partial charge in [0.15, 0.2) is 0 Å². The van der Waals surface area contributed by atoms with E-state index in [1.807, 2.05) is 0 Å². The fourth-order valence-corrected chi connectivity index (χ4v) is 1.04. The number of hydroxylamine groups is 2. The van der Waals surface area contributed by atoms with Gasteiger partial charge in [-0.05, 0) is 13.0 Å². The van der Waals surface area contributed by atoms with Crippen molar-refractivity contribution >= 4 is 5.91 Å². The Balaban J connectivity index is 3.01. The molecule has 1 amide bonds. The Morgan fingerprint density at radius 3 is 2.71 bits per heavy atom. The van der Waals surface area contributed by atoms with Gasteiger partial charge in [0.25, 0.3) is 5.91 Å². The number of amides is 1. The first-order valence-electron chi connectivity index (χ1n) is 4.04. The summed E-state index contributed by atoms with van der Waals surface area (Å²) in [4.78, 5) is 20.0. The molecular weight excluding hydrogens is 184 g/mol. The molecule has 0 aliphatic heterocycles. The molecule has 0 spiro atoms. The third-order valence-corrected chi connectivity index (χ3v) is 1.75. The molecule has 0 aromatic carbocycles. The van der Waals surface area contributed by atoms with E-state index in [4.69, 9.17) is 4.84 Å².